The zero-order valence-corrected chi connectivity index (χ0v) is 13.8. The van der Waals surface area contributed by atoms with Gasteiger partial charge in [0.25, 0.3) is 0 Å². The van der Waals surface area contributed by atoms with Gasteiger partial charge in [-0.15, -0.1) is 0 Å². The number of rotatable bonds is 4. The summed E-state index contributed by atoms with van der Waals surface area (Å²) in [6, 6.07) is 6.16. The number of benzene rings is 1. The van der Waals surface area contributed by atoms with E-state index in [0.717, 1.165) is 29.9 Å². The van der Waals surface area contributed by atoms with Crippen molar-refractivity contribution in [3.05, 3.63) is 44.4 Å². The Balaban J connectivity index is 2.38. The van der Waals surface area contributed by atoms with Crippen molar-refractivity contribution in [2.24, 2.45) is 0 Å². The molecule has 0 aliphatic carbocycles. The SMILES string of the molecule is CCCc1c(Cl)ncnc1Nc1cccc(I)c1C. The van der Waals surface area contributed by atoms with Gasteiger partial charge in [-0.25, -0.2) is 9.97 Å². The maximum Gasteiger partial charge on any atom is 0.138 e. The van der Waals surface area contributed by atoms with Crippen LogP contribution in [0.25, 0.3) is 0 Å². The van der Waals surface area contributed by atoms with Gasteiger partial charge < -0.3 is 5.32 Å². The van der Waals surface area contributed by atoms with Crippen LogP contribution in [0.5, 0.6) is 0 Å². The first kappa shape index (κ1) is 14.5. The minimum Gasteiger partial charge on any atom is -0.340 e. The Kier molecular flexibility index (Phi) is 4.99. The van der Waals surface area contributed by atoms with Gasteiger partial charge in [0.1, 0.15) is 17.3 Å². The van der Waals surface area contributed by atoms with Crippen molar-refractivity contribution in [1.82, 2.24) is 9.97 Å². The Labute approximate surface area is 132 Å². The van der Waals surface area contributed by atoms with Crippen LogP contribution in [0.15, 0.2) is 24.5 Å². The smallest absolute Gasteiger partial charge is 0.138 e. The van der Waals surface area contributed by atoms with Crippen molar-refractivity contribution in [2.45, 2.75) is 26.7 Å². The third kappa shape index (κ3) is 3.36. The summed E-state index contributed by atoms with van der Waals surface area (Å²) in [6.45, 7) is 4.20. The van der Waals surface area contributed by atoms with E-state index in [4.69, 9.17) is 11.6 Å². The topological polar surface area (TPSA) is 37.8 Å². The fraction of sp³-hybridized carbons (Fsp3) is 0.286. The molecule has 0 spiro atoms. The molecule has 0 unspecified atom stereocenters. The lowest BCUT2D eigenvalue weighted by Crippen LogP contribution is -2.03. The van der Waals surface area contributed by atoms with E-state index in [2.05, 4.69) is 57.8 Å². The molecule has 100 valence electrons. The molecule has 2 aromatic rings. The zero-order chi connectivity index (χ0) is 13.8. The summed E-state index contributed by atoms with van der Waals surface area (Å²) in [6.07, 6.45) is 3.37. The van der Waals surface area contributed by atoms with E-state index in [1.165, 1.54) is 15.5 Å². The molecule has 0 saturated heterocycles. The highest BCUT2D eigenvalue weighted by Gasteiger charge is 2.10. The largest absolute Gasteiger partial charge is 0.340 e. The summed E-state index contributed by atoms with van der Waals surface area (Å²) in [5, 5.41) is 3.90. The average Bonchev–Trinajstić information content (AvgIpc) is 2.39. The Hall–Kier alpha value is -0.880. The van der Waals surface area contributed by atoms with E-state index >= 15 is 0 Å². The van der Waals surface area contributed by atoms with Gasteiger partial charge in [0.05, 0.1) is 0 Å². The summed E-state index contributed by atoms with van der Waals surface area (Å²) in [4.78, 5) is 8.37. The highest BCUT2D eigenvalue weighted by Crippen LogP contribution is 2.27. The van der Waals surface area contributed by atoms with Gasteiger partial charge in [-0.05, 0) is 53.6 Å². The molecule has 0 aliphatic heterocycles. The molecular weight excluding hydrogens is 373 g/mol. The Bertz CT molecular complexity index is 587. The third-order valence-corrected chi connectivity index (χ3v) is 4.41. The first-order chi connectivity index (χ1) is 9.13. The molecule has 0 fully saturated rings. The summed E-state index contributed by atoms with van der Waals surface area (Å²) in [5.41, 5.74) is 3.24. The summed E-state index contributed by atoms with van der Waals surface area (Å²) < 4.78 is 1.22. The molecule has 1 aromatic heterocycles. The monoisotopic (exact) mass is 387 g/mol. The molecule has 0 bridgehead atoms. The maximum atomic E-state index is 6.15. The molecule has 0 saturated carbocycles. The van der Waals surface area contributed by atoms with Crippen LogP contribution >= 0.6 is 34.2 Å². The molecule has 1 heterocycles. The Morgan fingerprint density at radius 2 is 2.11 bits per heavy atom. The minimum absolute atomic E-state index is 0.530. The Morgan fingerprint density at radius 1 is 1.32 bits per heavy atom. The molecule has 2 rings (SSSR count). The fourth-order valence-corrected chi connectivity index (χ4v) is 2.57. The van der Waals surface area contributed by atoms with Gasteiger partial charge in [0, 0.05) is 14.8 Å². The third-order valence-electron chi connectivity index (χ3n) is 2.91. The van der Waals surface area contributed by atoms with E-state index < -0.39 is 0 Å². The number of nitrogens with one attached hydrogen (secondary N) is 1. The first-order valence-electron chi connectivity index (χ1n) is 6.15. The lowest BCUT2D eigenvalue weighted by atomic mass is 10.1. The Morgan fingerprint density at radius 3 is 2.84 bits per heavy atom. The predicted molar refractivity (Wildman–Crippen MR) is 88.2 cm³/mol. The maximum absolute atomic E-state index is 6.15. The average molecular weight is 388 g/mol. The van der Waals surface area contributed by atoms with Crippen LogP contribution in [0.2, 0.25) is 5.15 Å². The van der Waals surface area contributed by atoms with Gasteiger partial charge in [-0.2, -0.15) is 0 Å². The fourth-order valence-electron chi connectivity index (χ4n) is 1.84. The van der Waals surface area contributed by atoms with Gasteiger partial charge in [-0.3, -0.25) is 0 Å². The predicted octanol–water partition coefficient (Wildman–Crippen LogP) is 4.74. The molecule has 1 aromatic carbocycles. The second-order valence-corrected chi connectivity index (χ2v) is 5.80. The van der Waals surface area contributed by atoms with Crippen LogP contribution in [0.3, 0.4) is 0 Å². The first-order valence-corrected chi connectivity index (χ1v) is 7.60. The number of aromatic nitrogens is 2. The molecule has 5 heteroatoms. The van der Waals surface area contributed by atoms with Gasteiger partial charge in [0.15, 0.2) is 0 Å². The van der Waals surface area contributed by atoms with E-state index in [1.807, 2.05) is 12.1 Å². The highest BCUT2D eigenvalue weighted by molar-refractivity contribution is 14.1. The van der Waals surface area contributed by atoms with Crippen molar-refractivity contribution in [1.29, 1.82) is 0 Å². The van der Waals surface area contributed by atoms with Crippen molar-refractivity contribution in [3.8, 4) is 0 Å². The second kappa shape index (κ2) is 6.52. The number of hydrogen-bond donors (Lipinski definition) is 1. The van der Waals surface area contributed by atoms with E-state index in [9.17, 15) is 0 Å². The van der Waals surface area contributed by atoms with Crippen LogP contribution < -0.4 is 5.32 Å². The number of anilines is 2. The summed E-state index contributed by atoms with van der Waals surface area (Å²) in [5.74, 6) is 0.798. The molecule has 3 nitrogen and oxygen atoms in total. The normalized spacial score (nSPS) is 10.5. The summed E-state index contributed by atoms with van der Waals surface area (Å²) in [7, 11) is 0. The lowest BCUT2D eigenvalue weighted by Gasteiger charge is -2.13. The number of halogens is 2. The van der Waals surface area contributed by atoms with Crippen molar-refractivity contribution in [2.75, 3.05) is 5.32 Å². The summed E-state index contributed by atoms with van der Waals surface area (Å²) >= 11 is 8.48. The second-order valence-electron chi connectivity index (χ2n) is 4.28. The van der Waals surface area contributed by atoms with Crippen molar-refractivity contribution >= 4 is 45.7 Å². The van der Waals surface area contributed by atoms with Crippen LogP contribution in [0.4, 0.5) is 11.5 Å². The van der Waals surface area contributed by atoms with Crippen molar-refractivity contribution < 1.29 is 0 Å². The molecule has 0 radical (unpaired) electrons. The molecule has 1 N–H and O–H groups in total. The lowest BCUT2D eigenvalue weighted by molar-refractivity contribution is 0.904. The van der Waals surface area contributed by atoms with E-state index in [-0.39, 0.29) is 0 Å². The molecule has 0 amide bonds. The molecule has 0 aliphatic rings. The van der Waals surface area contributed by atoms with Crippen LogP contribution in [0, 0.1) is 10.5 Å². The highest BCUT2D eigenvalue weighted by atomic mass is 127. The van der Waals surface area contributed by atoms with Crippen LogP contribution in [-0.2, 0) is 6.42 Å². The molecule has 0 atom stereocenters. The van der Waals surface area contributed by atoms with E-state index in [1.54, 1.807) is 0 Å². The van der Waals surface area contributed by atoms with Crippen LogP contribution in [0.1, 0.15) is 24.5 Å². The van der Waals surface area contributed by atoms with Gasteiger partial charge in [0.2, 0.25) is 0 Å². The number of nitrogens with zero attached hydrogens (tertiary/aromatic N) is 2. The quantitative estimate of drug-likeness (QED) is 0.608. The zero-order valence-electron chi connectivity index (χ0n) is 10.9. The van der Waals surface area contributed by atoms with Gasteiger partial charge >= 0.3 is 0 Å². The van der Waals surface area contributed by atoms with Gasteiger partial charge in [-0.1, -0.05) is 31.0 Å². The van der Waals surface area contributed by atoms with Crippen molar-refractivity contribution in [3.63, 3.8) is 0 Å². The molecular formula is C14H15ClIN3. The standard InChI is InChI=1S/C14H15ClIN3/c1-3-5-10-13(15)17-8-18-14(10)19-12-7-4-6-11(16)9(12)2/h4,6-8H,3,5H2,1-2H3,(H,17,18,19). The van der Waals surface area contributed by atoms with Crippen LogP contribution in [-0.4, -0.2) is 9.97 Å². The molecule has 19 heavy (non-hydrogen) atoms. The number of hydrogen-bond acceptors (Lipinski definition) is 3. The van der Waals surface area contributed by atoms with E-state index in [0.29, 0.717) is 5.15 Å². The minimum atomic E-state index is 0.530.